The minimum absolute atomic E-state index is 0.0729. The molecule has 28 heavy (non-hydrogen) atoms. The molecule has 0 radical (unpaired) electrons. The van der Waals surface area contributed by atoms with Crippen molar-refractivity contribution in [2.45, 2.75) is 11.4 Å². The SMILES string of the molecule is O=C(NCc1cccnc1)Nc1ccc(S(=O)(=O)Nc2ccc(Cl)cc2)cc1. The number of halogens is 1. The summed E-state index contributed by atoms with van der Waals surface area (Å²) >= 11 is 5.80. The summed E-state index contributed by atoms with van der Waals surface area (Å²) in [6, 6.07) is 15.4. The van der Waals surface area contributed by atoms with E-state index in [2.05, 4.69) is 20.3 Å². The van der Waals surface area contributed by atoms with E-state index in [1.54, 1.807) is 42.7 Å². The molecular weight excluding hydrogens is 400 g/mol. The minimum atomic E-state index is -3.75. The average molecular weight is 417 g/mol. The Morgan fingerprint density at radius 2 is 1.64 bits per heavy atom. The molecule has 0 saturated heterocycles. The maximum Gasteiger partial charge on any atom is 0.319 e. The highest BCUT2D eigenvalue weighted by atomic mass is 35.5. The monoisotopic (exact) mass is 416 g/mol. The molecule has 9 heteroatoms. The van der Waals surface area contributed by atoms with Crippen molar-refractivity contribution < 1.29 is 13.2 Å². The van der Waals surface area contributed by atoms with Crippen LogP contribution in [0.4, 0.5) is 16.2 Å². The van der Waals surface area contributed by atoms with Crippen molar-refractivity contribution in [1.82, 2.24) is 10.3 Å². The van der Waals surface area contributed by atoms with Gasteiger partial charge in [-0.05, 0) is 60.2 Å². The number of aromatic nitrogens is 1. The van der Waals surface area contributed by atoms with Crippen LogP contribution in [0.3, 0.4) is 0 Å². The minimum Gasteiger partial charge on any atom is -0.334 e. The van der Waals surface area contributed by atoms with Gasteiger partial charge in [0.05, 0.1) is 4.90 Å². The van der Waals surface area contributed by atoms with Crippen molar-refractivity contribution in [3.63, 3.8) is 0 Å². The first-order chi connectivity index (χ1) is 13.4. The number of nitrogens with one attached hydrogen (secondary N) is 3. The van der Waals surface area contributed by atoms with E-state index in [9.17, 15) is 13.2 Å². The van der Waals surface area contributed by atoms with Crippen LogP contribution in [0.2, 0.25) is 5.02 Å². The summed E-state index contributed by atoms with van der Waals surface area (Å²) in [4.78, 5) is 16.0. The quantitative estimate of drug-likeness (QED) is 0.568. The molecule has 2 amide bonds. The maximum atomic E-state index is 12.4. The third-order valence-corrected chi connectivity index (χ3v) is 5.34. The molecule has 0 saturated carbocycles. The van der Waals surface area contributed by atoms with Gasteiger partial charge < -0.3 is 10.6 Å². The van der Waals surface area contributed by atoms with Crippen molar-refractivity contribution in [2.75, 3.05) is 10.0 Å². The number of amides is 2. The number of anilines is 2. The highest BCUT2D eigenvalue weighted by molar-refractivity contribution is 7.92. The van der Waals surface area contributed by atoms with Gasteiger partial charge in [-0.1, -0.05) is 17.7 Å². The number of hydrogen-bond acceptors (Lipinski definition) is 4. The summed E-state index contributed by atoms with van der Waals surface area (Å²) < 4.78 is 27.3. The second-order valence-electron chi connectivity index (χ2n) is 5.81. The van der Waals surface area contributed by atoms with Crippen LogP contribution in [-0.2, 0) is 16.6 Å². The fourth-order valence-electron chi connectivity index (χ4n) is 2.31. The molecule has 0 aliphatic heterocycles. The Bertz CT molecular complexity index is 1040. The second-order valence-corrected chi connectivity index (χ2v) is 7.92. The number of rotatable bonds is 6. The fraction of sp³-hybridized carbons (Fsp3) is 0.0526. The van der Waals surface area contributed by atoms with Gasteiger partial charge in [0.25, 0.3) is 10.0 Å². The molecular formula is C19H17ClN4O3S. The molecule has 1 heterocycles. The Hall–Kier alpha value is -3.10. The Kier molecular flexibility index (Phi) is 6.13. The van der Waals surface area contributed by atoms with Crippen LogP contribution in [-0.4, -0.2) is 19.4 Å². The highest BCUT2D eigenvalue weighted by Crippen LogP contribution is 2.19. The first kappa shape index (κ1) is 19.7. The summed E-state index contributed by atoms with van der Waals surface area (Å²) in [6.07, 6.45) is 3.31. The summed E-state index contributed by atoms with van der Waals surface area (Å²) in [5.74, 6) is 0. The number of urea groups is 1. The van der Waals surface area contributed by atoms with Gasteiger partial charge in [-0.25, -0.2) is 13.2 Å². The van der Waals surface area contributed by atoms with Gasteiger partial charge in [-0.2, -0.15) is 0 Å². The topological polar surface area (TPSA) is 100 Å². The van der Waals surface area contributed by atoms with E-state index in [-0.39, 0.29) is 4.90 Å². The van der Waals surface area contributed by atoms with E-state index in [0.717, 1.165) is 5.56 Å². The number of nitrogens with zero attached hydrogens (tertiary/aromatic N) is 1. The lowest BCUT2D eigenvalue weighted by Gasteiger charge is -2.10. The molecule has 144 valence electrons. The van der Waals surface area contributed by atoms with Crippen LogP contribution in [0.1, 0.15) is 5.56 Å². The number of pyridine rings is 1. The van der Waals surface area contributed by atoms with Crippen LogP contribution in [0, 0.1) is 0 Å². The van der Waals surface area contributed by atoms with Crippen LogP contribution in [0.5, 0.6) is 0 Å². The standard InChI is InChI=1S/C19H17ClN4O3S/c20-15-3-5-17(6-4-15)24-28(26,27)18-9-7-16(8-10-18)23-19(25)22-13-14-2-1-11-21-12-14/h1-12,24H,13H2,(H2,22,23,25). The van der Waals surface area contributed by atoms with E-state index in [0.29, 0.717) is 22.9 Å². The molecule has 0 spiro atoms. The van der Waals surface area contributed by atoms with Crippen LogP contribution >= 0.6 is 11.6 Å². The molecule has 0 fully saturated rings. The van der Waals surface area contributed by atoms with Gasteiger partial charge in [-0.3, -0.25) is 9.71 Å². The zero-order valence-electron chi connectivity index (χ0n) is 14.6. The number of sulfonamides is 1. The Labute approximate surface area is 167 Å². The molecule has 3 aromatic rings. The molecule has 3 rings (SSSR count). The van der Waals surface area contributed by atoms with Crippen molar-refractivity contribution in [2.24, 2.45) is 0 Å². The first-order valence-corrected chi connectivity index (χ1v) is 10.1. The van der Waals surface area contributed by atoms with E-state index < -0.39 is 16.1 Å². The molecule has 0 aliphatic carbocycles. The van der Waals surface area contributed by atoms with E-state index in [4.69, 9.17) is 11.6 Å². The van der Waals surface area contributed by atoms with Gasteiger partial charge in [0.15, 0.2) is 0 Å². The van der Waals surface area contributed by atoms with Gasteiger partial charge in [0.1, 0.15) is 0 Å². The zero-order valence-corrected chi connectivity index (χ0v) is 16.2. The van der Waals surface area contributed by atoms with E-state index in [1.165, 1.54) is 24.3 Å². The van der Waals surface area contributed by atoms with Gasteiger partial charge in [0, 0.05) is 35.3 Å². The lowest BCUT2D eigenvalue weighted by Crippen LogP contribution is -2.28. The van der Waals surface area contributed by atoms with Crippen LogP contribution < -0.4 is 15.4 Å². The maximum absolute atomic E-state index is 12.4. The molecule has 0 atom stereocenters. The average Bonchev–Trinajstić information content (AvgIpc) is 2.69. The summed E-state index contributed by atoms with van der Waals surface area (Å²) in [5, 5.41) is 5.86. The first-order valence-electron chi connectivity index (χ1n) is 8.24. The molecule has 0 unspecified atom stereocenters. The normalized spacial score (nSPS) is 10.9. The second kappa shape index (κ2) is 8.73. The predicted molar refractivity (Wildman–Crippen MR) is 109 cm³/mol. The molecule has 0 aliphatic rings. The van der Waals surface area contributed by atoms with Crippen LogP contribution in [0.25, 0.3) is 0 Å². The lowest BCUT2D eigenvalue weighted by molar-refractivity contribution is 0.251. The Morgan fingerprint density at radius 1 is 0.964 bits per heavy atom. The van der Waals surface area contributed by atoms with E-state index >= 15 is 0 Å². The third kappa shape index (κ3) is 5.45. The summed E-state index contributed by atoms with van der Waals surface area (Å²) in [6.45, 7) is 0.331. The van der Waals surface area contributed by atoms with Gasteiger partial charge in [-0.15, -0.1) is 0 Å². The van der Waals surface area contributed by atoms with Crippen molar-refractivity contribution >= 4 is 39.0 Å². The fourth-order valence-corrected chi connectivity index (χ4v) is 3.49. The summed E-state index contributed by atoms with van der Waals surface area (Å²) in [7, 11) is -3.75. The number of carbonyl (C=O) groups is 1. The molecule has 0 bridgehead atoms. The largest absolute Gasteiger partial charge is 0.334 e. The van der Waals surface area contributed by atoms with Crippen LogP contribution in [0.15, 0.2) is 78.0 Å². The Balaban J connectivity index is 1.59. The lowest BCUT2D eigenvalue weighted by atomic mass is 10.3. The van der Waals surface area contributed by atoms with Crippen molar-refractivity contribution in [3.8, 4) is 0 Å². The molecule has 3 N–H and O–H groups in total. The number of hydrogen-bond donors (Lipinski definition) is 3. The molecule has 1 aromatic heterocycles. The van der Waals surface area contributed by atoms with Gasteiger partial charge in [0.2, 0.25) is 0 Å². The smallest absolute Gasteiger partial charge is 0.319 e. The zero-order chi connectivity index (χ0) is 20.0. The number of benzene rings is 2. The van der Waals surface area contributed by atoms with Crippen molar-refractivity contribution in [1.29, 1.82) is 0 Å². The Morgan fingerprint density at radius 3 is 2.29 bits per heavy atom. The number of carbonyl (C=O) groups excluding carboxylic acids is 1. The molecule has 7 nitrogen and oxygen atoms in total. The third-order valence-electron chi connectivity index (χ3n) is 3.69. The highest BCUT2D eigenvalue weighted by Gasteiger charge is 2.14. The molecule has 2 aromatic carbocycles. The summed E-state index contributed by atoms with van der Waals surface area (Å²) in [5.41, 5.74) is 1.74. The predicted octanol–water partition coefficient (Wildman–Crippen LogP) is 3.86. The van der Waals surface area contributed by atoms with Gasteiger partial charge >= 0.3 is 6.03 Å². The van der Waals surface area contributed by atoms with E-state index in [1.807, 2.05) is 6.07 Å². The van der Waals surface area contributed by atoms with Crippen molar-refractivity contribution in [3.05, 3.63) is 83.6 Å².